The summed E-state index contributed by atoms with van der Waals surface area (Å²) in [7, 11) is -1.01. The molecule has 5 nitrogen and oxygen atoms in total. The summed E-state index contributed by atoms with van der Waals surface area (Å²) in [6.45, 7) is 3.01. The first-order chi connectivity index (χ1) is 9.48. The topological polar surface area (TPSA) is 70.6 Å². The maximum Gasteiger partial charge on any atom is 0.191 e. The van der Waals surface area contributed by atoms with Gasteiger partial charge in [0.1, 0.15) is 0 Å². The fraction of sp³-hybridized carbons (Fsp3) is 0.929. The molecule has 1 saturated heterocycles. The van der Waals surface area contributed by atoms with E-state index in [1.807, 2.05) is 0 Å². The molecule has 0 radical (unpaired) electrons. The number of aliphatic imine (C=N–C) groups is 1. The third-order valence-corrected chi connectivity index (χ3v) is 6.30. The summed E-state index contributed by atoms with van der Waals surface area (Å²) in [5.74, 6) is 2.54. The predicted molar refractivity (Wildman–Crippen MR) is 98.1 cm³/mol. The molecule has 0 spiro atoms. The summed E-state index contributed by atoms with van der Waals surface area (Å²) < 4.78 is 22.9. The second-order valence-corrected chi connectivity index (χ2v) is 8.55. The van der Waals surface area contributed by atoms with Crippen molar-refractivity contribution in [2.24, 2.45) is 16.8 Å². The zero-order valence-corrected chi connectivity index (χ0v) is 16.1. The lowest BCUT2D eigenvalue weighted by atomic mass is 9.87. The third-order valence-electron chi connectivity index (χ3n) is 4.47. The Hall–Kier alpha value is -0.0500. The van der Waals surface area contributed by atoms with Crippen molar-refractivity contribution in [1.29, 1.82) is 0 Å². The molecule has 0 aromatic rings. The summed E-state index contributed by atoms with van der Waals surface area (Å²) in [6.07, 6.45) is 5.71. The van der Waals surface area contributed by atoms with Gasteiger partial charge in [-0.05, 0) is 43.9 Å². The molecule has 1 atom stereocenters. The molecule has 2 aliphatic rings. The first kappa shape index (κ1) is 19.0. The van der Waals surface area contributed by atoms with Gasteiger partial charge < -0.3 is 10.6 Å². The minimum absolute atomic E-state index is 0. The monoisotopic (exact) mass is 429 g/mol. The summed E-state index contributed by atoms with van der Waals surface area (Å²) >= 11 is 0. The van der Waals surface area contributed by atoms with Gasteiger partial charge in [-0.1, -0.05) is 6.92 Å². The van der Waals surface area contributed by atoms with Gasteiger partial charge in [-0.2, -0.15) is 0 Å². The van der Waals surface area contributed by atoms with E-state index in [9.17, 15) is 8.42 Å². The van der Waals surface area contributed by atoms with E-state index in [2.05, 4.69) is 22.5 Å². The molecular formula is C14H28IN3O2S. The number of guanidine groups is 1. The minimum atomic E-state index is -2.78. The van der Waals surface area contributed by atoms with Crippen molar-refractivity contribution >= 4 is 39.8 Å². The van der Waals surface area contributed by atoms with Gasteiger partial charge in [0, 0.05) is 19.6 Å². The fourth-order valence-electron chi connectivity index (χ4n) is 3.07. The Kier molecular flexibility index (Phi) is 7.73. The van der Waals surface area contributed by atoms with E-state index in [1.54, 1.807) is 7.05 Å². The zero-order chi connectivity index (χ0) is 14.6. The molecule has 2 N–H and O–H groups in total. The lowest BCUT2D eigenvalue weighted by Gasteiger charge is -2.28. The van der Waals surface area contributed by atoms with Gasteiger partial charge >= 0.3 is 0 Å². The SMILES string of the molecule is CN=C(NCC1CCS(=O)(=O)C1)NC1CCC(C)CC1.I. The average Bonchev–Trinajstić information content (AvgIpc) is 2.76. The van der Waals surface area contributed by atoms with E-state index in [-0.39, 0.29) is 29.9 Å². The molecule has 7 heteroatoms. The molecular weight excluding hydrogens is 401 g/mol. The third kappa shape index (κ3) is 6.30. The van der Waals surface area contributed by atoms with Crippen LogP contribution in [0.25, 0.3) is 0 Å². The first-order valence-electron chi connectivity index (χ1n) is 7.66. The van der Waals surface area contributed by atoms with E-state index in [4.69, 9.17) is 0 Å². The summed E-state index contributed by atoms with van der Waals surface area (Å²) in [5, 5.41) is 6.74. The molecule has 0 bridgehead atoms. The molecule has 2 rings (SSSR count). The van der Waals surface area contributed by atoms with Crippen molar-refractivity contribution in [3.63, 3.8) is 0 Å². The van der Waals surface area contributed by atoms with E-state index in [0.29, 0.717) is 24.1 Å². The summed E-state index contributed by atoms with van der Waals surface area (Å²) in [5.41, 5.74) is 0. The molecule has 1 saturated carbocycles. The Morgan fingerprint density at radius 1 is 1.19 bits per heavy atom. The average molecular weight is 429 g/mol. The lowest BCUT2D eigenvalue weighted by molar-refractivity contribution is 0.329. The number of halogens is 1. The number of nitrogens with one attached hydrogen (secondary N) is 2. The molecule has 1 aliphatic carbocycles. The van der Waals surface area contributed by atoms with Crippen LogP contribution in [0.3, 0.4) is 0 Å². The highest BCUT2D eigenvalue weighted by Gasteiger charge is 2.28. The molecule has 0 aromatic carbocycles. The van der Waals surface area contributed by atoms with Crippen LogP contribution in [0.2, 0.25) is 0 Å². The van der Waals surface area contributed by atoms with Crippen LogP contribution in [0.5, 0.6) is 0 Å². The highest BCUT2D eigenvalue weighted by molar-refractivity contribution is 14.0. The van der Waals surface area contributed by atoms with Gasteiger partial charge in [0.2, 0.25) is 0 Å². The molecule has 2 fully saturated rings. The zero-order valence-electron chi connectivity index (χ0n) is 13.0. The Labute approximate surface area is 145 Å². The molecule has 0 aromatic heterocycles. The van der Waals surface area contributed by atoms with Gasteiger partial charge in [0.05, 0.1) is 11.5 Å². The summed E-state index contributed by atoms with van der Waals surface area (Å²) in [4.78, 5) is 4.24. The number of nitrogens with zero attached hydrogens (tertiary/aromatic N) is 1. The van der Waals surface area contributed by atoms with Crippen LogP contribution < -0.4 is 10.6 Å². The number of sulfone groups is 1. The van der Waals surface area contributed by atoms with E-state index in [0.717, 1.165) is 18.3 Å². The van der Waals surface area contributed by atoms with Crippen molar-refractivity contribution < 1.29 is 8.42 Å². The smallest absolute Gasteiger partial charge is 0.191 e. The van der Waals surface area contributed by atoms with Crippen molar-refractivity contribution in [3.8, 4) is 0 Å². The maximum atomic E-state index is 11.4. The van der Waals surface area contributed by atoms with Gasteiger partial charge in [-0.15, -0.1) is 24.0 Å². The first-order valence-corrected chi connectivity index (χ1v) is 9.48. The van der Waals surface area contributed by atoms with Crippen LogP contribution in [-0.4, -0.2) is 45.5 Å². The second-order valence-electron chi connectivity index (χ2n) is 6.32. The van der Waals surface area contributed by atoms with Crippen LogP contribution in [0.1, 0.15) is 39.0 Å². The minimum Gasteiger partial charge on any atom is -0.356 e. The number of rotatable bonds is 3. The van der Waals surface area contributed by atoms with Crippen LogP contribution in [0.4, 0.5) is 0 Å². The molecule has 1 heterocycles. The van der Waals surface area contributed by atoms with Gasteiger partial charge in [-0.3, -0.25) is 4.99 Å². The molecule has 0 amide bonds. The van der Waals surface area contributed by atoms with Crippen molar-refractivity contribution in [1.82, 2.24) is 10.6 Å². The van der Waals surface area contributed by atoms with Crippen LogP contribution in [0, 0.1) is 11.8 Å². The van der Waals surface area contributed by atoms with Crippen LogP contribution in [0.15, 0.2) is 4.99 Å². The van der Waals surface area contributed by atoms with Gasteiger partial charge in [-0.25, -0.2) is 8.42 Å². The standard InChI is InChI=1S/C14H27N3O2S.HI/c1-11-3-5-13(6-4-11)17-14(15-2)16-9-12-7-8-20(18,19)10-12;/h11-13H,3-10H2,1-2H3,(H2,15,16,17);1H. The normalized spacial score (nSPS) is 32.3. The fourth-order valence-corrected chi connectivity index (χ4v) is 4.93. The largest absolute Gasteiger partial charge is 0.356 e. The van der Waals surface area contributed by atoms with Gasteiger partial charge in [0.25, 0.3) is 0 Å². The lowest BCUT2D eigenvalue weighted by Crippen LogP contribution is -2.46. The summed E-state index contributed by atoms with van der Waals surface area (Å²) in [6, 6.07) is 0.504. The predicted octanol–water partition coefficient (Wildman–Crippen LogP) is 1.78. The quantitative estimate of drug-likeness (QED) is 0.408. The molecule has 1 unspecified atom stereocenters. The Morgan fingerprint density at radius 2 is 1.86 bits per heavy atom. The van der Waals surface area contributed by atoms with Crippen LogP contribution >= 0.6 is 24.0 Å². The Bertz CT molecular complexity index is 445. The molecule has 124 valence electrons. The van der Waals surface area contributed by atoms with Crippen LogP contribution in [-0.2, 0) is 9.84 Å². The maximum absolute atomic E-state index is 11.4. The van der Waals surface area contributed by atoms with E-state index < -0.39 is 9.84 Å². The second kappa shape index (κ2) is 8.55. The number of hydrogen-bond acceptors (Lipinski definition) is 3. The Balaban J connectivity index is 0.00000220. The van der Waals surface area contributed by atoms with Crippen molar-refractivity contribution in [2.45, 2.75) is 45.1 Å². The number of hydrogen-bond donors (Lipinski definition) is 2. The van der Waals surface area contributed by atoms with E-state index >= 15 is 0 Å². The highest BCUT2D eigenvalue weighted by Crippen LogP contribution is 2.23. The van der Waals surface area contributed by atoms with E-state index in [1.165, 1.54) is 25.7 Å². The molecule has 21 heavy (non-hydrogen) atoms. The highest BCUT2D eigenvalue weighted by atomic mass is 127. The van der Waals surface area contributed by atoms with Crippen molar-refractivity contribution in [3.05, 3.63) is 0 Å². The van der Waals surface area contributed by atoms with Crippen molar-refractivity contribution in [2.75, 3.05) is 25.1 Å². The Morgan fingerprint density at radius 3 is 2.38 bits per heavy atom. The van der Waals surface area contributed by atoms with Gasteiger partial charge in [0.15, 0.2) is 15.8 Å². The molecule has 1 aliphatic heterocycles.